The average Bonchev–Trinajstić information content (AvgIpc) is 3.10. The van der Waals surface area contributed by atoms with E-state index in [1.165, 1.54) is 36.4 Å². The number of amides is 1. The van der Waals surface area contributed by atoms with Crippen molar-refractivity contribution in [3.63, 3.8) is 0 Å². The molecule has 2 N–H and O–H groups in total. The minimum Gasteiger partial charge on any atom is -0.475 e. The Hall–Kier alpha value is -3.56. The molecule has 0 aliphatic carbocycles. The molecule has 0 radical (unpaired) electrons. The number of aromatic nitrogens is 1. The highest BCUT2D eigenvalue weighted by Gasteiger charge is 2.33. The second-order valence-electron chi connectivity index (χ2n) is 7.32. The number of carbonyl (C=O) groups excluding carboxylic acids is 1. The molecule has 0 atom stereocenters. The van der Waals surface area contributed by atoms with Crippen LogP contribution in [0.2, 0.25) is 0 Å². The standard InChI is InChI=1S/C21H18F3N3O4/c22-13-3-2-12-10-14(19(28)26-17-5-4-16(31-17)20(29)30)18(25-15(12)11-13)27-8-1-6-21(23,24)7-9-27/h2-5,10-11H,1,6-9H2,(H,26,28)(H,29,30). The van der Waals surface area contributed by atoms with Gasteiger partial charge in [0.15, 0.2) is 0 Å². The number of alkyl halides is 2. The van der Waals surface area contributed by atoms with Crippen molar-refractivity contribution in [3.8, 4) is 0 Å². The van der Waals surface area contributed by atoms with Crippen molar-refractivity contribution in [2.24, 2.45) is 0 Å². The highest BCUT2D eigenvalue weighted by Crippen LogP contribution is 2.32. The van der Waals surface area contributed by atoms with Crippen LogP contribution >= 0.6 is 0 Å². The molecule has 3 heterocycles. The Bertz CT molecular complexity index is 1160. The number of furan rings is 1. The first-order valence-electron chi connectivity index (χ1n) is 9.59. The number of halogens is 3. The monoisotopic (exact) mass is 433 g/mol. The molecule has 1 aliphatic heterocycles. The molecule has 3 aromatic rings. The fraction of sp³-hybridized carbons (Fsp3) is 0.286. The summed E-state index contributed by atoms with van der Waals surface area (Å²) < 4.78 is 46.4. The summed E-state index contributed by atoms with van der Waals surface area (Å²) in [7, 11) is 0. The smallest absolute Gasteiger partial charge is 0.371 e. The van der Waals surface area contributed by atoms with E-state index < -0.39 is 30.0 Å². The molecular weight excluding hydrogens is 415 g/mol. The molecule has 162 valence electrons. The predicted octanol–water partition coefficient (Wildman–Crippen LogP) is 4.54. The summed E-state index contributed by atoms with van der Waals surface area (Å²) >= 11 is 0. The fourth-order valence-corrected chi connectivity index (χ4v) is 3.51. The predicted molar refractivity (Wildman–Crippen MR) is 106 cm³/mol. The molecule has 31 heavy (non-hydrogen) atoms. The number of anilines is 2. The summed E-state index contributed by atoms with van der Waals surface area (Å²) in [4.78, 5) is 29.9. The van der Waals surface area contributed by atoms with Crippen LogP contribution in [0, 0.1) is 5.82 Å². The molecule has 0 spiro atoms. The third-order valence-electron chi connectivity index (χ3n) is 5.08. The van der Waals surface area contributed by atoms with Crippen LogP contribution < -0.4 is 10.2 Å². The molecule has 1 amide bonds. The highest BCUT2D eigenvalue weighted by atomic mass is 19.3. The molecular formula is C21H18F3N3O4. The summed E-state index contributed by atoms with van der Waals surface area (Å²) in [5.41, 5.74) is 0.367. The maximum atomic E-state index is 13.8. The Morgan fingerprint density at radius 3 is 2.68 bits per heavy atom. The molecule has 4 rings (SSSR count). The van der Waals surface area contributed by atoms with E-state index in [1.807, 2.05) is 0 Å². The Kier molecular flexibility index (Phi) is 5.30. The number of carboxylic acids is 1. The van der Waals surface area contributed by atoms with Crippen molar-refractivity contribution in [2.45, 2.75) is 25.2 Å². The number of carboxylic acid groups (broad SMARTS) is 1. The van der Waals surface area contributed by atoms with Crippen LogP contribution in [0.15, 0.2) is 40.8 Å². The van der Waals surface area contributed by atoms with Gasteiger partial charge in [0.2, 0.25) is 17.6 Å². The van der Waals surface area contributed by atoms with Gasteiger partial charge in [-0.2, -0.15) is 0 Å². The maximum absolute atomic E-state index is 13.8. The maximum Gasteiger partial charge on any atom is 0.371 e. The van der Waals surface area contributed by atoms with E-state index in [0.717, 1.165) is 0 Å². The average molecular weight is 433 g/mol. The summed E-state index contributed by atoms with van der Waals surface area (Å²) in [6.07, 6.45) is -0.453. The van der Waals surface area contributed by atoms with Gasteiger partial charge in [0.1, 0.15) is 11.6 Å². The number of nitrogens with one attached hydrogen (secondary N) is 1. The van der Waals surface area contributed by atoms with E-state index >= 15 is 0 Å². The van der Waals surface area contributed by atoms with E-state index in [1.54, 1.807) is 4.90 Å². The lowest BCUT2D eigenvalue weighted by atomic mass is 10.1. The normalized spacial score (nSPS) is 16.2. The highest BCUT2D eigenvalue weighted by molar-refractivity contribution is 6.09. The molecule has 10 heteroatoms. The Morgan fingerprint density at radius 2 is 1.94 bits per heavy atom. The third-order valence-corrected chi connectivity index (χ3v) is 5.08. The Balaban J connectivity index is 1.72. The van der Waals surface area contributed by atoms with Crippen molar-refractivity contribution in [1.82, 2.24) is 4.98 Å². The largest absolute Gasteiger partial charge is 0.475 e. The zero-order valence-corrected chi connectivity index (χ0v) is 16.2. The molecule has 2 aromatic heterocycles. The summed E-state index contributed by atoms with van der Waals surface area (Å²) in [6, 6.07) is 7.87. The van der Waals surface area contributed by atoms with Gasteiger partial charge in [-0.05, 0) is 30.7 Å². The fourth-order valence-electron chi connectivity index (χ4n) is 3.51. The topological polar surface area (TPSA) is 95.7 Å². The van der Waals surface area contributed by atoms with Gasteiger partial charge < -0.3 is 14.4 Å². The van der Waals surface area contributed by atoms with Crippen molar-refractivity contribution >= 4 is 34.5 Å². The number of nitrogens with zero attached hydrogens (tertiary/aromatic N) is 2. The third kappa shape index (κ3) is 4.47. The van der Waals surface area contributed by atoms with Gasteiger partial charge in [-0.25, -0.2) is 22.9 Å². The summed E-state index contributed by atoms with van der Waals surface area (Å²) in [5.74, 6) is -5.55. The molecule has 1 aromatic carbocycles. The zero-order chi connectivity index (χ0) is 22.2. The summed E-state index contributed by atoms with van der Waals surface area (Å²) in [5, 5.41) is 11.9. The minimum atomic E-state index is -2.80. The molecule has 1 fully saturated rings. The lowest BCUT2D eigenvalue weighted by Gasteiger charge is -2.24. The number of fused-ring (bicyclic) bond motifs is 1. The van der Waals surface area contributed by atoms with E-state index in [-0.39, 0.29) is 54.5 Å². The second-order valence-corrected chi connectivity index (χ2v) is 7.32. The van der Waals surface area contributed by atoms with E-state index in [9.17, 15) is 22.8 Å². The van der Waals surface area contributed by atoms with E-state index in [2.05, 4.69) is 10.3 Å². The number of aromatic carboxylic acids is 1. The van der Waals surface area contributed by atoms with Gasteiger partial charge in [0.25, 0.3) is 5.91 Å². The first-order valence-corrected chi connectivity index (χ1v) is 9.59. The molecule has 0 unspecified atom stereocenters. The van der Waals surface area contributed by atoms with Crippen LogP contribution in [0.3, 0.4) is 0 Å². The van der Waals surface area contributed by atoms with Crippen LogP contribution in [0.1, 0.15) is 40.2 Å². The number of hydrogen-bond donors (Lipinski definition) is 2. The minimum absolute atomic E-state index is 0.0228. The zero-order valence-electron chi connectivity index (χ0n) is 16.2. The van der Waals surface area contributed by atoms with Gasteiger partial charge in [-0.1, -0.05) is 0 Å². The number of pyridine rings is 1. The van der Waals surface area contributed by atoms with Crippen molar-refractivity contribution < 1.29 is 32.3 Å². The molecule has 1 saturated heterocycles. The molecule has 1 aliphatic rings. The first kappa shape index (κ1) is 20.7. The molecule has 7 nitrogen and oxygen atoms in total. The number of carbonyl (C=O) groups is 2. The van der Waals surface area contributed by atoms with Crippen LogP contribution in [-0.2, 0) is 0 Å². The van der Waals surface area contributed by atoms with Gasteiger partial charge in [-0.3, -0.25) is 10.1 Å². The second kappa shape index (κ2) is 7.93. The van der Waals surface area contributed by atoms with Crippen LogP contribution in [0.5, 0.6) is 0 Å². The summed E-state index contributed by atoms with van der Waals surface area (Å²) in [6.45, 7) is 0.235. The van der Waals surface area contributed by atoms with Gasteiger partial charge in [-0.15, -0.1) is 0 Å². The first-order chi connectivity index (χ1) is 14.7. The van der Waals surface area contributed by atoms with Crippen LogP contribution in [-0.4, -0.2) is 41.0 Å². The van der Waals surface area contributed by atoms with Gasteiger partial charge in [0.05, 0.1) is 11.1 Å². The SMILES string of the molecule is O=C(O)c1ccc(NC(=O)c2cc3ccc(F)cc3nc2N2CCCC(F)(F)CC2)o1. The number of hydrogen-bond acceptors (Lipinski definition) is 5. The van der Waals surface area contributed by atoms with Gasteiger partial charge in [0, 0.05) is 43.5 Å². The Labute approximate surface area is 174 Å². The van der Waals surface area contributed by atoms with Crippen LogP contribution in [0.4, 0.5) is 24.9 Å². The number of benzene rings is 1. The lowest BCUT2D eigenvalue weighted by Crippen LogP contribution is -2.29. The Morgan fingerprint density at radius 1 is 1.13 bits per heavy atom. The lowest BCUT2D eigenvalue weighted by molar-refractivity contribution is -0.0102. The van der Waals surface area contributed by atoms with Crippen molar-refractivity contribution in [3.05, 3.63) is 53.5 Å². The van der Waals surface area contributed by atoms with E-state index in [0.29, 0.717) is 5.39 Å². The van der Waals surface area contributed by atoms with E-state index in [4.69, 9.17) is 9.52 Å². The quantitative estimate of drug-likeness (QED) is 0.627. The molecule has 0 bridgehead atoms. The molecule has 0 saturated carbocycles. The van der Waals surface area contributed by atoms with Crippen LogP contribution in [0.25, 0.3) is 10.9 Å². The van der Waals surface area contributed by atoms with Crippen molar-refractivity contribution in [2.75, 3.05) is 23.3 Å². The number of rotatable bonds is 4. The van der Waals surface area contributed by atoms with Gasteiger partial charge >= 0.3 is 5.97 Å². The van der Waals surface area contributed by atoms with Crippen molar-refractivity contribution in [1.29, 1.82) is 0 Å².